The molecule has 0 heterocycles. The van der Waals surface area contributed by atoms with E-state index < -0.39 is 10.1 Å². The van der Waals surface area contributed by atoms with Gasteiger partial charge in [0.1, 0.15) is 0 Å². The Balaban J connectivity index is 1.85. The van der Waals surface area contributed by atoms with E-state index in [0.717, 1.165) is 12.0 Å². The van der Waals surface area contributed by atoms with Crippen LogP contribution in [0.2, 0.25) is 0 Å². The molecular formula is C15H22O3S. The molecule has 0 bridgehead atoms. The van der Waals surface area contributed by atoms with Gasteiger partial charge < -0.3 is 0 Å². The summed E-state index contributed by atoms with van der Waals surface area (Å²) in [7, 11) is -3.58. The zero-order valence-corrected chi connectivity index (χ0v) is 12.3. The Kier molecular flexibility index (Phi) is 4.99. The number of aryl methyl sites for hydroxylation is 1. The van der Waals surface area contributed by atoms with E-state index in [1.165, 1.54) is 32.1 Å². The Morgan fingerprint density at radius 3 is 2.37 bits per heavy atom. The van der Waals surface area contributed by atoms with Crippen LogP contribution in [0.15, 0.2) is 29.2 Å². The van der Waals surface area contributed by atoms with Crippen LogP contribution in [0.4, 0.5) is 0 Å². The van der Waals surface area contributed by atoms with Gasteiger partial charge in [0.05, 0.1) is 11.5 Å². The summed E-state index contributed by atoms with van der Waals surface area (Å²) >= 11 is 0. The van der Waals surface area contributed by atoms with Gasteiger partial charge >= 0.3 is 0 Å². The molecule has 0 atom stereocenters. The Bertz CT molecular complexity index is 485. The molecule has 0 radical (unpaired) electrons. The molecule has 0 amide bonds. The predicted molar refractivity (Wildman–Crippen MR) is 75.5 cm³/mol. The van der Waals surface area contributed by atoms with Gasteiger partial charge in [0.2, 0.25) is 0 Å². The van der Waals surface area contributed by atoms with Gasteiger partial charge in [-0.15, -0.1) is 0 Å². The third kappa shape index (κ3) is 4.32. The summed E-state index contributed by atoms with van der Waals surface area (Å²) in [6, 6.07) is 6.78. The monoisotopic (exact) mass is 282 g/mol. The van der Waals surface area contributed by atoms with Crippen LogP contribution in [0.5, 0.6) is 0 Å². The van der Waals surface area contributed by atoms with Gasteiger partial charge in [0.15, 0.2) is 0 Å². The lowest BCUT2D eigenvalue weighted by atomic mass is 9.87. The molecule has 2 rings (SSSR count). The molecule has 106 valence electrons. The maximum atomic E-state index is 12.0. The molecule has 1 fully saturated rings. The Morgan fingerprint density at radius 2 is 1.74 bits per heavy atom. The van der Waals surface area contributed by atoms with E-state index in [1.54, 1.807) is 24.3 Å². The zero-order chi connectivity index (χ0) is 13.7. The van der Waals surface area contributed by atoms with E-state index in [-0.39, 0.29) is 4.90 Å². The van der Waals surface area contributed by atoms with E-state index in [9.17, 15) is 8.42 Å². The highest BCUT2D eigenvalue weighted by atomic mass is 32.2. The third-order valence-electron chi connectivity index (χ3n) is 3.80. The Labute approximate surface area is 116 Å². The smallest absolute Gasteiger partial charge is 0.266 e. The van der Waals surface area contributed by atoms with E-state index in [2.05, 4.69) is 0 Å². The van der Waals surface area contributed by atoms with Crippen molar-refractivity contribution < 1.29 is 12.6 Å². The fourth-order valence-corrected chi connectivity index (χ4v) is 3.49. The van der Waals surface area contributed by atoms with Crippen molar-refractivity contribution in [3.63, 3.8) is 0 Å². The second-order valence-corrected chi connectivity index (χ2v) is 7.00. The summed E-state index contributed by atoms with van der Waals surface area (Å²) in [5, 5.41) is 0. The number of hydrogen-bond acceptors (Lipinski definition) is 3. The molecule has 0 aliphatic heterocycles. The van der Waals surface area contributed by atoms with E-state index in [4.69, 9.17) is 4.18 Å². The van der Waals surface area contributed by atoms with Gasteiger partial charge in [-0.2, -0.15) is 8.42 Å². The minimum Gasteiger partial charge on any atom is -0.266 e. The SMILES string of the molecule is Cc1ccc(S(=O)(=O)OCCC2CCCCC2)cc1. The summed E-state index contributed by atoms with van der Waals surface area (Å²) in [5.41, 5.74) is 1.04. The van der Waals surface area contributed by atoms with Crippen molar-refractivity contribution in [2.24, 2.45) is 5.92 Å². The summed E-state index contributed by atoms with van der Waals surface area (Å²) in [6.45, 7) is 2.24. The summed E-state index contributed by atoms with van der Waals surface area (Å²) < 4.78 is 29.1. The van der Waals surface area contributed by atoms with Crippen molar-refractivity contribution in [3.8, 4) is 0 Å². The standard InChI is InChI=1S/C15H22O3S/c1-13-7-9-15(10-8-13)19(16,17)18-12-11-14-5-3-2-4-6-14/h7-10,14H,2-6,11-12H2,1H3. The molecule has 0 N–H and O–H groups in total. The lowest BCUT2D eigenvalue weighted by Gasteiger charge is -2.21. The first-order valence-electron chi connectivity index (χ1n) is 7.04. The molecule has 0 saturated heterocycles. The van der Waals surface area contributed by atoms with Gasteiger partial charge in [0.25, 0.3) is 10.1 Å². The average molecular weight is 282 g/mol. The van der Waals surface area contributed by atoms with E-state index >= 15 is 0 Å². The highest BCUT2D eigenvalue weighted by molar-refractivity contribution is 7.86. The number of benzene rings is 1. The van der Waals surface area contributed by atoms with Crippen molar-refractivity contribution in [2.45, 2.75) is 50.3 Å². The van der Waals surface area contributed by atoms with Crippen molar-refractivity contribution in [2.75, 3.05) is 6.61 Å². The third-order valence-corrected chi connectivity index (χ3v) is 5.13. The highest BCUT2D eigenvalue weighted by Gasteiger charge is 2.17. The van der Waals surface area contributed by atoms with Crippen LogP contribution in [0.3, 0.4) is 0 Å². The summed E-state index contributed by atoms with van der Waals surface area (Å²) in [5.74, 6) is 0.641. The number of hydrogen-bond donors (Lipinski definition) is 0. The zero-order valence-electron chi connectivity index (χ0n) is 11.5. The van der Waals surface area contributed by atoms with Crippen LogP contribution in [-0.2, 0) is 14.3 Å². The van der Waals surface area contributed by atoms with Gasteiger partial charge in [0, 0.05) is 0 Å². The minimum atomic E-state index is -3.58. The van der Waals surface area contributed by atoms with Crippen LogP contribution in [0.25, 0.3) is 0 Å². The average Bonchev–Trinajstić information content (AvgIpc) is 2.40. The fraction of sp³-hybridized carbons (Fsp3) is 0.600. The molecule has 19 heavy (non-hydrogen) atoms. The second kappa shape index (κ2) is 6.53. The van der Waals surface area contributed by atoms with Crippen LogP contribution in [0.1, 0.15) is 44.1 Å². The summed E-state index contributed by atoms with van der Waals surface area (Å²) in [4.78, 5) is 0.252. The Hall–Kier alpha value is -0.870. The van der Waals surface area contributed by atoms with Crippen molar-refractivity contribution in [1.29, 1.82) is 0 Å². The molecule has 1 aromatic rings. The lowest BCUT2D eigenvalue weighted by molar-refractivity contribution is 0.250. The van der Waals surface area contributed by atoms with Gasteiger partial charge in [-0.3, -0.25) is 4.18 Å². The van der Waals surface area contributed by atoms with Crippen molar-refractivity contribution in [1.82, 2.24) is 0 Å². The van der Waals surface area contributed by atoms with Gasteiger partial charge in [-0.1, -0.05) is 49.8 Å². The topological polar surface area (TPSA) is 43.4 Å². The maximum Gasteiger partial charge on any atom is 0.296 e. The summed E-state index contributed by atoms with van der Waals surface area (Å²) in [6.07, 6.45) is 7.15. The molecule has 4 heteroatoms. The first-order valence-corrected chi connectivity index (χ1v) is 8.45. The normalized spacial score (nSPS) is 17.5. The first kappa shape index (κ1) is 14.5. The van der Waals surface area contributed by atoms with Gasteiger partial charge in [-0.25, -0.2) is 0 Å². The van der Waals surface area contributed by atoms with E-state index in [1.807, 2.05) is 6.92 Å². The highest BCUT2D eigenvalue weighted by Crippen LogP contribution is 2.26. The fourth-order valence-electron chi connectivity index (χ4n) is 2.57. The molecule has 1 aromatic carbocycles. The van der Waals surface area contributed by atoms with Gasteiger partial charge in [-0.05, 0) is 31.4 Å². The molecular weight excluding hydrogens is 260 g/mol. The van der Waals surface area contributed by atoms with Crippen molar-refractivity contribution in [3.05, 3.63) is 29.8 Å². The molecule has 0 unspecified atom stereocenters. The lowest BCUT2D eigenvalue weighted by Crippen LogP contribution is -2.13. The molecule has 0 spiro atoms. The molecule has 1 saturated carbocycles. The predicted octanol–water partition coefficient (Wildman–Crippen LogP) is 3.67. The largest absolute Gasteiger partial charge is 0.296 e. The molecule has 0 aromatic heterocycles. The molecule has 1 aliphatic carbocycles. The first-order chi connectivity index (χ1) is 9.08. The minimum absolute atomic E-state index is 0.252. The maximum absolute atomic E-state index is 12.0. The van der Waals surface area contributed by atoms with Crippen LogP contribution in [-0.4, -0.2) is 15.0 Å². The molecule has 3 nitrogen and oxygen atoms in total. The van der Waals surface area contributed by atoms with Crippen LogP contribution in [0, 0.1) is 12.8 Å². The second-order valence-electron chi connectivity index (χ2n) is 5.38. The van der Waals surface area contributed by atoms with Crippen LogP contribution >= 0.6 is 0 Å². The molecule has 1 aliphatic rings. The van der Waals surface area contributed by atoms with E-state index in [0.29, 0.717) is 12.5 Å². The number of rotatable bonds is 5. The quantitative estimate of drug-likeness (QED) is 0.774. The van der Waals surface area contributed by atoms with Crippen LogP contribution < -0.4 is 0 Å². The van der Waals surface area contributed by atoms with Crippen molar-refractivity contribution >= 4 is 10.1 Å². The Morgan fingerprint density at radius 1 is 1.11 bits per heavy atom.